The Bertz CT molecular complexity index is 101. The Morgan fingerprint density at radius 3 is 2.00 bits per heavy atom. The number of hydrogen-bond acceptors (Lipinski definition) is 0. The lowest BCUT2D eigenvalue weighted by molar-refractivity contribution is 0.480. The molecule has 0 amide bonds. The van der Waals surface area contributed by atoms with Crippen molar-refractivity contribution >= 4 is 0 Å². The summed E-state index contributed by atoms with van der Waals surface area (Å²) in [5.74, 6) is 1.01. The summed E-state index contributed by atoms with van der Waals surface area (Å²) in [5.41, 5.74) is 0. The van der Waals surface area contributed by atoms with Crippen molar-refractivity contribution in [1.82, 2.24) is 0 Å². The van der Waals surface area contributed by atoms with Crippen molar-refractivity contribution in [3.8, 4) is 0 Å². The molecule has 2 saturated carbocycles. The fraction of sp³-hybridized carbons (Fsp3) is 1.00. The predicted octanol–water partition coefficient (Wildman–Crippen LogP) is 2.20. The molecule has 2 aliphatic rings. The molecule has 0 nitrogen and oxygen atoms in total. The van der Waals surface area contributed by atoms with Gasteiger partial charge in [-0.05, 0) is 18.2 Å². The Hall–Kier alpha value is 0. The van der Waals surface area contributed by atoms with Gasteiger partial charge in [0, 0.05) is 1.37 Å². The largest absolute Gasteiger partial charge is 0.0502 e. The van der Waals surface area contributed by atoms with E-state index >= 15 is 0 Å². The highest BCUT2D eigenvalue weighted by atomic mass is 14.4. The van der Waals surface area contributed by atoms with Gasteiger partial charge < -0.3 is 0 Å². The van der Waals surface area contributed by atoms with E-state index in [-0.39, 0.29) is 5.89 Å². The molecule has 0 aliphatic heterocycles. The molecule has 0 aromatic heterocycles. The van der Waals surface area contributed by atoms with Crippen LogP contribution in [0.25, 0.3) is 0 Å². The Labute approximate surface area is 46.3 Å². The summed E-state index contributed by atoms with van der Waals surface area (Å²) >= 11 is 0. The van der Waals surface area contributed by atoms with Crippen molar-refractivity contribution in [1.29, 1.82) is 0 Å². The lowest BCUT2D eigenvalue weighted by atomic mass is 10.0. The maximum absolute atomic E-state index is 7.77. The second kappa shape index (κ2) is 1.24. The molecule has 0 atom stereocenters. The molecule has 2 rings (SSSR count). The van der Waals surface area contributed by atoms with Crippen LogP contribution in [0.2, 0.25) is 0 Å². The second-order valence-corrected chi connectivity index (χ2v) is 2.90. The quantitative estimate of drug-likeness (QED) is 0.434. The van der Waals surface area contributed by atoms with E-state index in [9.17, 15) is 0 Å². The van der Waals surface area contributed by atoms with Crippen LogP contribution < -0.4 is 0 Å². The summed E-state index contributed by atoms with van der Waals surface area (Å²) in [5, 5.41) is 0. The first kappa shape index (κ1) is 3.11. The molecule has 0 unspecified atom stereocenters. The van der Waals surface area contributed by atoms with Gasteiger partial charge in [-0.2, -0.15) is 0 Å². The molecule has 0 radical (unpaired) electrons. The van der Waals surface area contributed by atoms with Crippen molar-refractivity contribution in [2.24, 2.45) is 11.8 Å². The number of rotatable bonds is 0. The molecule has 2 aliphatic carbocycles. The minimum Gasteiger partial charge on any atom is -0.0502 e. The van der Waals surface area contributed by atoms with Gasteiger partial charge in [0.1, 0.15) is 0 Å². The van der Waals surface area contributed by atoms with Gasteiger partial charge in [0.25, 0.3) is 0 Å². The van der Waals surface area contributed by atoms with Crippen molar-refractivity contribution < 1.29 is 1.37 Å². The minimum absolute atomic E-state index is 0.0602. The van der Waals surface area contributed by atoms with E-state index in [1.54, 1.807) is 0 Å². The summed E-state index contributed by atoms with van der Waals surface area (Å²) in [6.07, 6.45) is 6.30. The van der Waals surface area contributed by atoms with E-state index in [2.05, 4.69) is 0 Å². The topological polar surface area (TPSA) is 0 Å². The third-order valence-corrected chi connectivity index (χ3v) is 2.39. The van der Waals surface area contributed by atoms with Gasteiger partial charge in [-0.1, -0.05) is 25.7 Å². The van der Waals surface area contributed by atoms with Gasteiger partial charge in [0.05, 0.1) is 0 Å². The van der Waals surface area contributed by atoms with Gasteiger partial charge >= 0.3 is 0 Å². The Balaban J connectivity index is 2.19. The summed E-state index contributed by atoms with van der Waals surface area (Å²) < 4.78 is 7.77. The fourth-order valence-electron chi connectivity index (χ4n) is 1.90. The molecular weight excluding hydrogens is 84.1 g/mol. The average molecular weight is 97.2 g/mol. The molecule has 7 heavy (non-hydrogen) atoms. The SMILES string of the molecule is [2H]C12CCC(CC1)C2. The van der Waals surface area contributed by atoms with Crippen molar-refractivity contribution in [2.45, 2.75) is 32.1 Å². The van der Waals surface area contributed by atoms with E-state index in [0.29, 0.717) is 0 Å². The van der Waals surface area contributed by atoms with Crippen molar-refractivity contribution in [2.75, 3.05) is 0 Å². The van der Waals surface area contributed by atoms with Crippen LogP contribution in [0.1, 0.15) is 33.5 Å². The van der Waals surface area contributed by atoms with Crippen LogP contribution in [0, 0.1) is 11.8 Å². The van der Waals surface area contributed by atoms with Gasteiger partial charge in [-0.25, -0.2) is 0 Å². The normalized spacial score (nSPS) is 60.6. The van der Waals surface area contributed by atoms with Crippen LogP contribution in [0.4, 0.5) is 0 Å². The highest BCUT2D eigenvalue weighted by Gasteiger charge is 2.30. The van der Waals surface area contributed by atoms with Crippen LogP contribution in [-0.4, -0.2) is 0 Å². The maximum atomic E-state index is 7.77. The number of hydrogen-bond donors (Lipinski definition) is 0. The fourth-order valence-corrected chi connectivity index (χ4v) is 1.90. The third kappa shape index (κ3) is 0.490. The summed E-state index contributed by atoms with van der Waals surface area (Å²) in [6.45, 7) is 0. The lowest BCUT2D eigenvalue weighted by Gasteiger charge is -2.05. The Kier molecular flexibility index (Phi) is 0.551. The predicted molar refractivity (Wildman–Crippen MR) is 30.1 cm³/mol. The van der Waals surface area contributed by atoms with Crippen molar-refractivity contribution in [3.63, 3.8) is 0 Å². The molecule has 0 spiro atoms. The van der Waals surface area contributed by atoms with Crippen LogP contribution in [0.3, 0.4) is 0 Å². The molecule has 0 aromatic rings. The van der Waals surface area contributed by atoms with Gasteiger partial charge in [0.15, 0.2) is 0 Å². The van der Waals surface area contributed by atoms with Gasteiger partial charge in [-0.3, -0.25) is 0 Å². The van der Waals surface area contributed by atoms with E-state index in [0.717, 1.165) is 5.92 Å². The second-order valence-electron chi connectivity index (χ2n) is 2.90. The minimum atomic E-state index is 0.0602. The van der Waals surface area contributed by atoms with Crippen LogP contribution in [0.5, 0.6) is 0 Å². The summed E-state index contributed by atoms with van der Waals surface area (Å²) in [6, 6.07) is 0. The Morgan fingerprint density at radius 1 is 1.14 bits per heavy atom. The smallest absolute Gasteiger partial charge is 0.0303 e. The molecule has 40 valence electrons. The zero-order valence-electron chi connectivity index (χ0n) is 5.61. The highest BCUT2D eigenvalue weighted by Crippen LogP contribution is 2.43. The van der Waals surface area contributed by atoms with E-state index in [1.165, 1.54) is 32.1 Å². The standard InChI is InChI=1S/C7H12/c1-2-7-4-3-6(1)5-7/h6-7H,1-5H2/i6D. The average Bonchev–Trinajstić information content (AvgIpc) is 2.21. The molecule has 0 saturated heterocycles. The van der Waals surface area contributed by atoms with Gasteiger partial charge in [0.2, 0.25) is 0 Å². The summed E-state index contributed by atoms with van der Waals surface area (Å²) in [7, 11) is 0. The molecule has 0 heterocycles. The maximum Gasteiger partial charge on any atom is 0.0303 e. The molecule has 2 fully saturated rings. The first-order chi connectivity index (χ1) is 3.79. The van der Waals surface area contributed by atoms with E-state index in [1.807, 2.05) is 0 Å². The first-order valence-electron chi connectivity index (χ1n) is 3.79. The van der Waals surface area contributed by atoms with E-state index in [4.69, 9.17) is 1.37 Å². The molecular formula is C7H12. The molecule has 0 heteroatoms. The first-order valence-corrected chi connectivity index (χ1v) is 3.29. The zero-order valence-corrected chi connectivity index (χ0v) is 4.61. The van der Waals surface area contributed by atoms with Crippen LogP contribution in [0.15, 0.2) is 0 Å². The van der Waals surface area contributed by atoms with Crippen LogP contribution >= 0.6 is 0 Å². The highest BCUT2D eigenvalue weighted by molar-refractivity contribution is 4.82. The monoisotopic (exact) mass is 97.1 g/mol. The molecule has 0 N–H and O–H groups in total. The zero-order chi connectivity index (χ0) is 5.61. The van der Waals surface area contributed by atoms with Crippen LogP contribution in [-0.2, 0) is 0 Å². The number of fused-ring (bicyclic) bond motifs is 2. The summed E-state index contributed by atoms with van der Waals surface area (Å²) in [4.78, 5) is 0. The molecule has 2 bridgehead atoms. The third-order valence-electron chi connectivity index (χ3n) is 2.39. The van der Waals surface area contributed by atoms with Gasteiger partial charge in [-0.15, -0.1) is 0 Å². The van der Waals surface area contributed by atoms with E-state index < -0.39 is 0 Å². The van der Waals surface area contributed by atoms with Crippen molar-refractivity contribution in [3.05, 3.63) is 0 Å². The Morgan fingerprint density at radius 2 is 1.86 bits per heavy atom. The molecule has 0 aromatic carbocycles. The lowest BCUT2D eigenvalue weighted by Crippen LogP contribution is -1.90.